The van der Waals surface area contributed by atoms with Crippen LogP contribution in [-0.2, 0) is 11.3 Å². The van der Waals surface area contributed by atoms with E-state index in [-0.39, 0.29) is 17.7 Å². The van der Waals surface area contributed by atoms with Gasteiger partial charge in [-0.05, 0) is 54.3 Å². The lowest BCUT2D eigenvalue weighted by Gasteiger charge is -2.22. The molecule has 2 N–H and O–H groups in total. The van der Waals surface area contributed by atoms with Crippen LogP contribution < -0.4 is 20.1 Å². The van der Waals surface area contributed by atoms with E-state index in [2.05, 4.69) is 10.6 Å². The Labute approximate surface area is 182 Å². The van der Waals surface area contributed by atoms with Crippen molar-refractivity contribution in [2.24, 2.45) is 5.92 Å². The van der Waals surface area contributed by atoms with Crippen molar-refractivity contribution < 1.29 is 19.1 Å². The third kappa shape index (κ3) is 6.66. The van der Waals surface area contributed by atoms with Crippen molar-refractivity contribution in [3.63, 3.8) is 0 Å². The Balaban J connectivity index is 2.01. The van der Waals surface area contributed by atoms with Crippen LogP contribution in [0.25, 0.3) is 0 Å². The smallest absolute Gasteiger partial charge is 0.251 e. The molecule has 0 saturated carbocycles. The van der Waals surface area contributed by atoms with E-state index in [1.165, 1.54) is 0 Å². The molecular formula is C23H29ClN2O4. The number of hydrogen-bond donors (Lipinski definition) is 2. The number of nitrogens with one attached hydrogen (secondary N) is 2. The van der Waals surface area contributed by atoms with E-state index in [0.29, 0.717) is 35.2 Å². The first-order valence-electron chi connectivity index (χ1n) is 9.99. The monoisotopic (exact) mass is 432 g/mol. The predicted octanol–water partition coefficient (Wildman–Crippen LogP) is 4.21. The van der Waals surface area contributed by atoms with Crippen LogP contribution in [0.2, 0.25) is 5.02 Å². The van der Waals surface area contributed by atoms with Gasteiger partial charge < -0.3 is 20.1 Å². The molecule has 6 nitrogen and oxygen atoms in total. The average molecular weight is 433 g/mol. The maximum Gasteiger partial charge on any atom is 0.251 e. The molecule has 2 aromatic carbocycles. The number of carbonyl (C=O) groups excluding carboxylic acids is 2. The lowest BCUT2D eigenvalue weighted by molar-refractivity contribution is -0.124. The van der Waals surface area contributed by atoms with Crippen LogP contribution in [0.3, 0.4) is 0 Å². The molecule has 30 heavy (non-hydrogen) atoms. The zero-order chi connectivity index (χ0) is 22.1. The molecule has 0 aliphatic rings. The summed E-state index contributed by atoms with van der Waals surface area (Å²) in [7, 11) is 1.58. The Bertz CT molecular complexity index is 853. The Morgan fingerprint density at radius 2 is 1.77 bits per heavy atom. The van der Waals surface area contributed by atoms with Crippen molar-refractivity contribution in [1.82, 2.24) is 10.6 Å². The van der Waals surface area contributed by atoms with Crippen LogP contribution in [0, 0.1) is 5.92 Å². The minimum absolute atomic E-state index is 0.0828. The summed E-state index contributed by atoms with van der Waals surface area (Å²) in [5, 5.41) is 6.24. The summed E-state index contributed by atoms with van der Waals surface area (Å²) in [6.07, 6.45) is 0.902. The largest absolute Gasteiger partial charge is 0.493 e. The van der Waals surface area contributed by atoms with Gasteiger partial charge in [0.2, 0.25) is 5.91 Å². The normalized spacial score (nSPS) is 11.7. The molecular weight excluding hydrogens is 404 g/mol. The third-order valence-corrected chi connectivity index (χ3v) is 4.75. The lowest BCUT2D eigenvalue weighted by atomic mass is 10.0. The zero-order valence-electron chi connectivity index (χ0n) is 17.8. The Hall–Kier alpha value is -2.73. The van der Waals surface area contributed by atoms with Crippen molar-refractivity contribution in [3.8, 4) is 11.5 Å². The summed E-state index contributed by atoms with van der Waals surface area (Å²) < 4.78 is 11.0. The molecule has 2 amide bonds. The molecule has 2 rings (SSSR count). The van der Waals surface area contributed by atoms with Gasteiger partial charge in [-0.25, -0.2) is 0 Å². The molecule has 7 heteroatoms. The first kappa shape index (κ1) is 23.5. The van der Waals surface area contributed by atoms with Crippen LogP contribution in [0.4, 0.5) is 0 Å². The standard InChI is InChI=1S/C23H29ClN2O4/c1-5-12-30-19-11-6-16(13-20(19)29-4)14-25-23(28)21(15(2)3)26-22(27)17-7-9-18(24)10-8-17/h6-11,13,15,21H,5,12,14H2,1-4H3,(H,25,28)(H,26,27). The maximum absolute atomic E-state index is 12.7. The van der Waals surface area contributed by atoms with Gasteiger partial charge in [0.25, 0.3) is 5.91 Å². The van der Waals surface area contributed by atoms with Gasteiger partial charge >= 0.3 is 0 Å². The van der Waals surface area contributed by atoms with Crippen LogP contribution in [0.5, 0.6) is 11.5 Å². The molecule has 2 aromatic rings. The highest BCUT2D eigenvalue weighted by atomic mass is 35.5. The third-order valence-electron chi connectivity index (χ3n) is 4.50. The molecule has 0 saturated heterocycles. The fourth-order valence-corrected chi connectivity index (χ4v) is 2.94. The van der Waals surface area contributed by atoms with Gasteiger partial charge in [-0.2, -0.15) is 0 Å². The summed E-state index contributed by atoms with van der Waals surface area (Å²) in [6.45, 7) is 6.72. The van der Waals surface area contributed by atoms with Gasteiger partial charge in [0.1, 0.15) is 6.04 Å². The number of hydrogen-bond acceptors (Lipinski definition) is 4. The second kappa shape index (κ2) is 11.5. The minimum Gasteiger partial charge on any atom is -0.493 e. The van der Waals surface area contributed by atoms with E-state index in [1.807, 2.05) is 39.0 Å². The Morgan fingerprint density at radius 1 is 1.07 bits per heavy atom. The molecule has 162 valence electrons. The number of halogens is 1. The van der Waals surface area contributed by atoms with Gasteiger partial charge in [0, 0.05) is 17.1 Å². The molecule has 0 aromatic heterocycles. The molecule has 0 spiro atoms. The van der Waals surface area contributed by atoms with Gasteiger partial charge in [-0.15, -0.1) is 0 Å². The van der Waals surface area contributed by atoms with Crippen LogP contribution in [0.15, 0.2) is 42.5 Å². The van der Waals surface area contributed by atoms with Crippen LogP contribution in [0.1, 0.15) is 43.1 Å². The number of methoxy groups -OCH3 is 1. The van der Waals surface area contributed by atoms with E-state index in [9.17, 15) is 9.59 Å². The van der Waals surface area contributed by atoms with E-state index in [0.717, 1.165) is 12.0 Å². The summed E-state index contributed by atoms with van der Waals surface area (Å²) in [5.74, 6) is 0.633. The van der Waals surface area contributed by atoms with E-state index >= 15 is 0 Å². The first-order chi connectivity index (χ1) is 14.3. The Morgan fingerprint density at radius 3 is 2.37 bits per heavy atom. The highest BCUT2D eigenvalue weighted by Crippen LogP contribution is 2.28. The summed E-state index contributed by atoms with van der Waals surface area (Å²) >= 11 is 5.87. The summed E-state index contributed by atoms with van der Waals surface area (Å²) in [5.41, 5.74) is 1.32. The molecule has 0 fully saturated rings. The van der Waals surface area contributed by atoms with Gasteiger partial charge in [-0.3, -0.25) is 9.59 Å². The SMILES string of the molecule is CCCOc1ccc(CNC(=O)C(NC(=O)c2ccc(Cl)cc2)C(C)C)cc1OC. The minimum atomic E-state index is -0.665. The molecule has 0 aliphatic carbocycles. The molecule has 1 unspecified atom stereocenters. The summed E-state index contributed by atoms with van der Waals surface area (Å²) in [6, 6.07) is 11.4. The van der Waals surface area contributed by atoms with Gasteiger partial charge in [-0.1, -0.05) is 38.4 Å². The van der Waals surface area contributed by atoms with Crippen molar-refractivity contribution in [2.45, 2.75) is 39.8 Å². The number of ether oxygens (including phenoxy) is 2. The lowest BCUT2D eigenvalue weighted by Crippen LogP contribution is -2.49. The van der Waals surface area contributed by atoms with E-state index < -0.39 is 6.04 Å². The quantitative estimate of drug-likeness (QED) is 0.589. The van der Waals surface area contributed by atoms with Crippen molar-refractivity contribution in [1.29, 1.82) is 0 Å². The predicted molar refractivity (Wildman–Crippen MR) is 118 cm³/mol. The van der Waals surface area contributed by atoms with E-state index in [4.69, 9.17) is 21.1 Å². The van der Waals surface area contributed by atoms with Crippen LogP contribution in [-0.4, -0.2) is 31.6 Å². The van der Waals surface area contributed by atoms with Crippen molar-refractivity contribution in [3.05, 3.63) is 58.6 Å². The second-order valence-corrected chi connectivity index (χ2v) is 7.69. The van der Waals surface area contributed by atoms with Crippen molar-refractivity contribution in [2.75, 3.05) is 13.7 Å². The zero-order valence-corrected chi connectivity index (χ0v) is 18.6. The maximum atomic E-state index is 12.7. The molecule has 1 atom stereocenters. The fraction of sp³-hybridized carbons (Fsp3) is 0.391. The summed E-state index contributed by atoms with van der Waals surface area (Å²) in [4.78, 5) is 25.2. The van der Waals surface area contributed by atoms with Crippen molar-refractivity contribution >= 4 is 23.4 Å². The van der Waals surface area contributed by atoms with Gasteiger partial charge in [0.15, 0.2) is 11.5 Å². The van der Waals surface area contributed by atoms with Crippen LogP contribution >= 0.6 is 11.6 Å². The average Bonchev–Trinajstić information content (AvgIpc) is 2.74. The van der Waals surface area contributed by atoms with Gasteiger partial charge in [0.05, 0.1) is 13.7 Å². The van der Waals surface area contributed by atoms with E-state index in [1.54, 1.807) is 31.4 Å². The molecule has 0 heterocycles. The number of amides is 2. The number of carbonyl (C=O) groups is 2. The highest BCUT2D eigenvalue weighted by Gasteiger charge is 2.24. The number of rotatable bonds is 10. The fourth-order valence-electron chi connectivity index (χ4n) is 2.81. The molecule has 0 bridgehead atoms. The highest BCUT2D eigenvalue weighted by molar-refractivity contribution is 6.30. The molecule has 0 aliphatic heterocycles. The molecule has 0 radical (unpaired) electrons. The first-order valence-corrected chi connectivity index (χ1v) is 10.4. The Kier molecular flexibility index (Phi) is 8.99. The second-order valence-electron chi connectivity index (χ2n) is 7.25. The topological polar surface area (TPSA) is 76.7 Å². The number of benzene rings is 2.